The van der Waals surface area contributed by atoms with E-state index in [1.807, 2.05) is 0 Å². The number of nitrogens with one attached hydrogen (secondary N) is 2. The van der Waals surface area contributed by atoms with Crippen LogP contribution in [0.15, 0.2) is 27.4 Å². The molecular weight excluding hydrogens is 341 g/mol. The molecule has 0 saturated heterocycles. The lowest BCUT2D eigenvalue weighted by Crippen LogP contribution is -2.33. The Kier molecular flexibility index (Phi) is 4.71. The summed E-state index contributed by atoms with van der Waals surface area (Å²) in [7, 11) is 0. The Hall–Kier alpha value is -2.49. The van der Waals surface area contributed by atoms with Crippen molar-refractivity contribution in [3.8, 4) is 17.2 Å². The third-order valence-corrected chi connectivity index (χ3v) is 4.02. The number of aromatic nitrogens is 2. The van der Waals surface area contributed by atoms with Crippen molar-refractivity contribution in [1.82, 2.24) is 10.2 Å². The monoisotopic (exact) mass is 358 g/mol. The number of ether oxygens (including phenoxy) is 1. The summed E-state index contributed by atoms with van der Waals surface area (Å²) >= 11 is 0. The van der Waals surface area contributed by atoms with Gasteiger partial charge in [-0.25, -0.2) is 9.89 Å². The van der Waals surface area contributed by atoms with Crippen molar-refractivity contribution >= 4 is 5.69 Å². The van der Waals surface area contributed by atoms with Gasteiger partial charge in [0.05, 0.1) is 5.69 Å². The topological polar surface area (TPSA) is 106 Å². The number of H-pyrrole nitrogens is 1. The minimum atomic E-state index is -4.81. The van der Waals surface area contributed by atoms with E-state index in [1.54, 1.807) is 0 Å². The molecular formula is C15H17F3N4O3. The first-order chi connectivity index (χ1) is 11.8. The molecule has 2 aromatic rings. The molecule has 136 valence electrons. The number of nitrogens with zero attached hydrogens (tertiary/aromatic N) is 1. The Morgan fingerprint density at radius 2 is 2.00 bits per heavy atom. The summed E-state index contributed by atoms with van der Waals surface area (Å²) in [6.45, 7) is 0. The zero-order chi connectivity index (χ0) is 18.0. The van der Waals surface area contributed by atoms with Gasteiger partial charge in [0.25, 0.3) is 0 Å². The fourth-order valence-electron chi connectivity index (χ4n) is 2.83. The highest BCUT2D eigenvalue weighted by molar-refractivity contribution is 5.67. The molecule has 7 nitrogen and oxygen atoms in total. The molecule has 0 spiro atoms. The van der Waals surface area contributed by atoms with Crippen molar-refractivity contribution in [2.24, 2.45) is 5.73 Å². The molecule has 1 saturated carbocycles. The molecule has 0 radical (unpaired) electrons. The summed E-state index contributed by atoms with van der Waals surface area (Å²) in [5.41, 5.74) is 6.35. The highest BCUT2D eigenvalue weighted by Crippen LogP contribution is 2.35. The number of hydrogen-bond donors (Lipinski definition) is 3. The van der Waals surface area contributed by atoms with Crippen LogP contribution in [0.3, 0.4) is 0 Å². The van der Waals surface area contributed by atoms with E-state index in [-0.39, 0.29) is 29.4 Å². The smallest absolute Gasteiger partial charge is 0.404 e. The van der Waals surface area contributed by atoms with Gasteiger partial charge in [0, 0.05) is 17.6 Å². The average molecular weight is 358 g/mol. The fraction of sp³-hybridized carbons (Fsp3) is 0.467. The summed E-state index contributed by atoms with van der Waals surface area (Å²) in [5, 5.41) is 8.86. The van der Waals surface area contributed by atoms with Crippen LogP contribution in [0.2, 0.25) is 0 Å². The van der Waals surface area contributed by atoms with Gasteiger partial charge in [-0.05, 0) is 43.9 Å². The van der Waals surface area contributed by atoms with Gasteiger partial charge in [0.15, 0.2) is 5.75 Å². The van der Waals surface area contributed by atoms with E-state index in [9.17, 15) is 18.0 Å². The van der Waals surface area contributed by atoms with E-state index in [0.29, 0.717) is 5.56 Å². The Balaban J connectivity index is 1.88. The molecule has 1 aliphatic rings. The maximum Gasteiger partial charge on any atom is 0.573 e. The molecule has 1 aromatic carbocycles. The van der Waals surface area contributed by atoms with Crippen molar-refractivity contribution in [3.05, 3.63) is 28.7 Å². The van der Waals surface area contributed by atoms with Gasteiger partial charge in [-0.3, -0.25) is 0 Å². The number of anilines is 1. The number of alkyl halides is 3. The molecule has 3 rings (SSSR count). The quantitative estimate of drug-likeness (QED) is 0.776. The van der Waals surface area contributed by atoms with Crippen LogP contribution in [0.4, 0.5) is 18.9 Å². The summed E-state index contributed by atoms with van der Waals surface area (Å²) in [6.07, 6.45) is -1.74. The molecule has 1 aliphatic carbocycles. The van der Waals surface area contributed by atoms with Crippen molar-refractivity contribution in [1.29, 1.82) is 0 Å². The van der Waals surface area contributed by atoms with Gasteiger partial charge < -0.3 is 20.2 Å². The molecule has 1 heterocycles. The zero-order valence-corrected chi connectivity index (χ0v) is 13.1. The van der Waals surface area contributed by atoms with Crippen LogP contribution >= 0.6 is 0 Å². The predicted octanol–water partition coefficient (Wildman–Crippen LogP) is 2.61. The molecule has 4 N–H and O–H groups in total. The second kappa shape index (κ2) is 6.79. The van der Waals surface area contributed by atoms with Crippen molar-refractivity contribution < 1.29 is 22.3 Å². The number of aromatic amines is 1. The predicted molar refractivity (Wildman–Crippen MR) is 83.1 cm³/mol. The lowest BCUT2D eigenvalue weighted by Gasteiger charge is -2.28. The second-order valence-corrected chi connectivity index (χ2v) is 5.93. The maximum atomic E-state index is 12.6. The molecule has 0 bridgehead atoms. The standard InChI is InChI=1S/C15H17F3N4O3/c16-15(17,18)25-12-6-1-8(13-21-22-14(23)24-13)7-11(12)20-10-4-2-9(19)3-5-10/h1,6-7,9-10,20H,2-5,19H2,(H,22,23). The van der Waals surface area contributed by atoms with Crippen LogP contribution in [-0.2, 0) is 0 Å². The number of hydrogen-bond acceptors (Lipinski definition) is 6. The van der Waals surface area contributed by atoms with Crippen LogP contribution < -0.4 is 21.5 Å². The zero-order valence-electron chi connectivity index (χ0n) is 13.1. The lowest BCUT2D eigenvalue weighted by molar-refractivity contribution is -0.274. The summed E-state index contributed by atoms with van der Waals surface area (Å²) in [6, 6.07) is 4.01. The van der Waals surface area contributed by atoms with Crippen LogP contribution in [-0.4, -0.2) is 28.6 Å². The highest BCUT2D eigenvalue weighted by atomic mass is 19.4. The Morgan fingerprint density at radius 1 is 1.28 bits per heavy atom. The summed E-state index contributed by atoms with van der Waals surface area (Å²) < 4.78 is 46.8. The molecule has 25 heavy (non-hydrogen) atoms. The van der Waals surface area contributed by atoms with Crippen molar-refractivity contribution in [2.45, 2.75) is 44.1 Å². The number of rotatable bonds is 4. The lowest BCUT2D eigenvalue weighted by atomic mass is 9.91. The number of benzene rings is 1. The Morgan fingerprint density at radius 3 is 2.60 bits per heavy atom. The van der Waals surface area contributed by atoms with E-state index < -0.39 is 12.1 Å². The van der Waals surface area contributed by atoms with Gasteiger partial charge in [-0.1, -0.05) is 0 Å². The third-order valence-electron chi connectivity index (χ3n) is 4.02. The summed E-state index contributed by atoms with van der Waals surface area (Å²) in [5.74, 6) is -1.12. The van der Waals surface area contributed by atoms with Gasteiger partial charge in [-0.2, -0.15) is 0 Å². The number of halogens is 3. The minimum absolute atomic E-state index is 0.0164. The van der Waals surface area contributed by atoms with Crippen LogP contribution in [0, 0.1) is 0 Å². The maximum absolute atomic E-state index is 12.6. The molecule has 0 amide bonds. The van der Waals surface area contributed by atoms with Crippen LogP contribution in [0.1, 0.15) is 25.7 Å². The largest absolute Gasteiger partial charge is 0.573 e. The first-order valence-electron chi connectivity index (χ1n) is 7.78. The van der Waals surface area contributed by atoms with Crippen LogP contribution in [0.5, 0.6) is 5.75 Å². The van der Waals surface area contributed by atoms with E-state index in [4.69, 9.17) is 10.2 Å². The van der Waals surface area contributed by atoms with E-state index in [1.165, 1.54) is 12.1 Å². The minimum Gasteiger partial charge on any atom is -0.404 e. The van der Waals surface area contributed by atoms with Crippen molar-refractivity contribution in [2.75, 3.05) is 5.32 Å². The molecule has 0 aliphatic heterocycles. The molecule has 1 fully saturated rings. The number of nitrogens with two attached hydrogens (primary N) is 1. The first-order valence-corrected chi connectivity index (χ1v) is 7.78. The molecule has 10 heteroatoms. The second-order valence-electron chi connectivity index (χ2n) is 5.93. The van der Waals surface area contributed by atoms with E-state index in [2.05, 4.69) is 20.3 Å². The first kappa shape index (κ1) is 17.3. The fourth-order valence-corrected chi connectivity index (χ4v) is 2.83. The Bertz CT molecular complexity index is 779. The molecule has 0 atom stereocenters. The van der Waals surface area contributed by atoms with Gasteiger partial charge in [-0.15, -0.1) is 18.3 Å². The van der Waals surface area contributed by atoms with Gasteiger partial charge >= 0.3 is 12.1 Å². The molecule has 0 unspecified atom stereocenters. The van der Waals surface area contributed by atoms with E-state index in [0.717, 1.165) is 31.7 Å². The SMILES string of the molecule is NC1CCC(Nc2cc(-c3n[nH]c(=O)o3)ccc2OC(F)(F)F)CC1. The van der Waals surface area contributed by atoms with Crippen LogP contribution in [0.25, 0.3) is 11.5 Å². The molecule has 1 aromatic heterocycles. The average Bonchev–Trinajstić information content (AvgIpc) is 2.96. The van der Waals surface area contributed by atoms with Crippen molar-refractivity contribution in [3.63, 3.8) is 0 Å². The highest BCUT2D eigenvalue weighted by Gasteiger charge is 2.32. The third kappa shape index (κ3) is 4.53. The Labute approximate surface area is 140 Å². The summed E-state index contributed by atoms with van der Waals surface area (Å²) in [4.78, 5) is 11.1. The normalized spacial score (nSPS) is 21.1. The van der Waals surface area contributed by atoms with E-state index >= 15 is 0 Å². The van der Waals surface area contributed by atoms with Gasteiger partial charge in [0.2, 0.25) is 5.89 Å². The van der Waals surface area contributed by atoms with Gasteiger partial charge in [0.1, 0.15) is 0 Å².